The predicted molar refractivity (Wildman–Crippen MR) is 147 cm³/mol. The summed E-state index contributed by atoms with van der Waals surface area (Å²) < 4.78 is 14.6. The van der Waals surface area contributed by atoms with Gasteiger partial charge in [-0.1, -0.05) is 53.7 Å². The number of hydrogen-bond donors (Lipinski definition) is 1. The molecule has 10 heteroatoms. The highest BCUT2D eigenvalue weighted by atomic mass is 79.9. The van der Waals surface area contributed by atoms with E-state index in [9.17, 15) is 0 Å². The molecule has 0 saturated heterocycles. The zero-order valence-electron chi connectivity index (χ0n) is 19.9. The van der Waals surface area contributed by atoms with Crippen LogP contribution in [0.1, 0.15) is 24.5 Å². The molecule has 1 N–H and O–H groups in total. The molecule has 1 aromatic heterocycles. The van der Waals surface area contributed by atoms with Gasteiger partial charge in [0.15, 0.2) is 11.5 Å². The summed E-state index contributed by atoms with van der Waals surface area (Å²) in [6.07, 6.45) is 0.979. The fourth-order valence-electron chi connectivity index (χ4n) is 3.50. The minimum Gasteiger partial charge on any atom is -0.490 e. The number of nitrogens with one attached hydrogen (secondary N) is 1. The van der Waals surface area contributed by atoms with Gasteiger partial charge in [-0.05, 0) is 93.8 Å². The molecule has 36 heavy (non-hydrogen) atoms. The van der Waals surface area contributed by atoms with Crippen LogP contribution in [0.3, 0.4) is 0 Å². The Morgan fingerprint density at radius 2 is 1.89 bits per heavy atom. The SMILES string of the molecule is CCOc1cc(CNCCCSc2nnnn2-c2ccccc2)cc(Br)c1OCc1cccc(Cl)c1. The second-order valence-corrected chi connectivity index (χ2v) is 10.2. The van der Waals surface area contributed by atoms with E-state index in [0.717, 1.165) is 51.7 Å². The molecule has 188 valence electrons. The van der Waals surface area contributed by atoms with Crippen LogP contribution in [0.2, 0.25) is 5.02 Å². The van der Waals surface area contributed by atoms with E-state index in [4.69, 9.17) is 21.1 Å². The number of halogens is 2. The molecule has 0 unspecified atom stereocenters. The average molecular weight is 589 g/mol. The molecule has 4 aromatic rings. The molecular weight excluding hydrogens is 562 g/mol. The zero-order chi connectivity index (χ0) is 25.2. The molecule has 0 aliphatic heterocycles. The van der Waals surface area contributed by atoms with E-state index >= 15 is 0 Å². The average Bonchev–Trinajstić information content (AvgIpc) is 3.35. The molecule has 0 bridgehead atoms. The number of nitrogens with zero attached hydrogens (tertiary/aromatic N) is 4. The summed E-state index contributed by atoms with van der Waals surface area (Å²) in [6.45, 7) is 4.51. The molecule has 0 radical (unpaired) electrons. The van der Waals surface area contributed by atoms with Crippen LogP contribution >= 0.6 is 39.3 Å². The second kappa shape index (κ2) is 13.6. The van der Waals surface area contributed by atoms with Crippen LogP contribution in [-0.4, -0.2) is 39.1 Å². The van der Waals surface area contributed by atoms with Crippen molar-refractivity contribution in [3.05, 3.63) is 87.4 Å². The van der Waals surface area contributed by atoms with Crippen molar-refractivity contribution in [2.45, 2.75) is 31.7 Å². The van der Waals surface area contributed by atoms with Gasteiger partial charge >= 0.3 is 0 Å². The van der Waals surface area contributed by atoms with Gasteiger partial charge in [0.25, 0.3) is 0 Å². The maximum Gasteiger partial charge on any atom is 0.214 e. The third kappa shape index (κ3) is 7.46. The van der Waals surface area contributed by atoms with E-state index in [1.54, 1.807) is 16.4 Å². The van der Waals surface area contributed by atoms with Crippen molar-refractivity contribution < 1.29 is 9.47 Å². The van der Waals surface area contributed by atoms with Crippen molar-refractivity contribution in [2.75, 3.05) is 18.9 Å². The molecule has 1 heterocycles. The molecule has 4 rings (SSSR count). The van der Waals surface area contributed by atoms with Crippen molar-refractivity contribution in [3.8, 4) is 17.2 Å². The van der Waals surface area contributed by atoms with Gasteiger partial charge in [0.1, 0.15) is 6.61 Å². The van der Waals surface area contributed by atoms with Gasteiger partial charge in [0, 0.05) is 17.3 Å². The molecule has 3 aromatic carbocycles. The first-order chi connectivity index (χ1) is 17.6. The first-order valence-corrected chi connectivity index (χ1v) is 13.8. The van der Waals surface area contributed by atoms with E-state index < -0.39 is 0 Å². The fourth-order valence-corrected chi connectivity index (χ4v) is 5.15. The van der Waals surface area contributed by atoms with Crippen LogP contribution in [0.15, 0.2) is 76.4 Å². The van der Waals surface area contributed by atoms with Gasteiger partial charge in [-0.2, -0.15) is 4.68 Å². The maximum absolute atomic E-state index is 6.09. The largest absolute Gasteiger partial charge is 0.490 e. The van der Waals surface area contributed by atoms with Crippen LogP contribution in [0.4, 0.5) is 0 Å². The Bertz CT molecular complexity index is 1260. The third-order valence-electron chi connectivity index (χ3n) is 5.14. The summed E-state index contributed by atoms with van der Waals surface area (Å²) >= 11 is 11.4. The third-order valence-corrected chi connectivity index (χ3v) is 6.97. The zero-order valence-corrected chi connectivity index (χ0v) is 23.0. The molecule has 0 aliphatic rings. The number of benzene rings is 3. The van der Waals surface area contributed by atoms with Gasteiger partial charge in [0.2, 0.25) is 5.16 Å². The Morgan fingerprint density at radius 1 is 1.03 bits per heavy atom. The monoisotopic (exact) mass is 587 g/mol. The van der Waals surface area contributed by atoms with Crippen LogP contribution in [0.25, 0.3) is 5.69 Å². The number of para-hydroxylation sites is 1. The molecule has 7 nitrogen and oxygen atoms in total. The van der Waals surface area contributed by atoms with E-state index in [0.29, 0.717) is 29.7 Å². The van der Waals surface area contributed by atoms with Crippen LogP contribution in [0, 0.1) is 0 Å². The summed E-state index contributed by atoms with van der Waals surface area (Å²) in [5.74, 6) is 2.31. The van der Waals surface area contributed by atoms with Crippen molar-refractivity contribution in [3.63, 3.8) is 0 Å². The summed E-state index contributed by atoms with van der Waals surface area (Å²) in [5, 5.41) is 17.1. The molecule has 0 aliphatic carbocycles. The van der Waals surface area contributed by atoms with Gasteiger partial charge in [-0.25, -0.2) is 0 Å². The molecule has 0 fully saturated rings. The van der Waals surface area contributed by atoms with Gasteiger partial charge in [-0.15, -0.1) is 5.10 Å². The first-order valence-electron chi connectivity index (χ1n) is 11.6. The number of tetrazole rings is 1. The van der Waals surface area contributed by atoms with E-state index in [1.165, 1.54) is 0 Å². The predicted octanol–water partition coefficient (Wildman–Crippen LogP) is 6.33. The van der Waals surface area contributed by atoms with E-state index in [-0.39, 0.29) is 0 Å². The van der Waals surface area contributed by atoms with Crippen molar-refractivity contribution in [2.24, 2.45) is 0 Å². The Morgan fingerprint density at radius 3 is 2.69 bits per heavy atom. The topological polar surface area (TPSA) is 74.1 Å². The van der Waals surface area contributed by atoms with Crippen LogP contribution in [-0.2, 0) is 13.2 Å². The normalized spacial score (nSPS) is 11.0. The lowest BCUT2D eigenvalue weighted by Crippen LogP contribution is -2.15. The van der Waals surface area contributed by atoms with Gasteiger partial charge in [-0.3, -0.25) is 0 Å². The molecular formula is C26H27BrClN5O2S. The molecule has 0 saturated carbocycles. The number of thioether (sulfide) groups is 1. The highest BCUT2D eigenvalue weighted by Crippen LogP contribution is 2.37. The second-order valence-electron chi connectivity index (χ2n) is 7.84. The van der Waals surface area contributed by atoms with Crippen LogP contribution in [0.5, 0.6) is 11.5 Å². The summed E-state index contributed by atoms with van der Waals surface area (Å²) in [4.78, 5) is 0. The number of ether oxygens (including phenoxy) is 2. The summed E-state index contributed by atoms with van der Waals surface area (Å²) in [6, 6.07) is 21.6. The van der Waals surface area contributed by atoms with Gasteiger partial charge < -0.3 is 14.8 Å². The number of rotatable bonds is 13. The van der Waals surface area contributed by atoms with E-state index in [1.807, 2.05) is 67.6 Å². The number of hydrogen-bond acceptors (Lipinski definition) is 7. The summed E-state index contributed by atoms with van der Waals surface area (Å²) in [5.41, 5.74) is 3.07. The first kappa shape index (κ1) is 26.5. The highest BCUT2D eigenvalue weighted by molar-refractivity contribution is 9.10. The van der Waals surface area contributed by atoms with Crippen molar-refractivity contribution in [1.82, 2.24) is 25.5 Å². The van der Waals surface area contributed by atoms with Gasteiger partial charge in [0.05, 0.1) is 16.8 Å². The highest BCUT2D eigenvalue weighted by Gasteiger charge is 2.13. The lowest BCUT2D eigenvalue weighted by molar-refractivity contribution is 0.267. The van der Waals surface area contributed by atoms with Crippen molar-refractivity contribution >= 4 is 39.3 Å². The minimum atomic E-state index is 0.405. The fraction of sp³-hybridized carbons (Fsp3) is 0.269. The Kier molecular flexibility index (Phi) is 10.0. The minimum absolute atomic E-state index is 0.405. The molecule has 0 spiro atoms. The number of aromatic nitrogens is 4. The van der Waals surface area contributed by atoms with Crippen molar-refractivity contribution in [1.29, 1.82) is 0 Å². The standard InChI is InChI=1S/C26H27BrClN5O2S/c1-2-34-24-16-20(15-23(27)25(24)35-18-19-8-6-9-21(28)14-19)17-29-12-7-13-36-26-30-31-32-33(26)22-10-4-3-5-11-22/h3-6,8-11,14-16,29H,2,7,12-13,17-18H2,1H3. The van der Waals surface area contributed by atoms with Crippen LogP contribution < -0.4 is 14.8 Å². The lowest BCUT2D eigenvalue weighted by Gasteiger charge is -2.16. The molecule has 0 amide bonds. The maximum atomic E-state index is 6.09. The Balaban J connectivity index is 1.26. The Labute approximate surface area is 228 Å². The molecule has 0 atom stereocenters. The summed E-state index contributed by atoms with van der Waals surface area (Å²) in [7, 11) is 0. The Hall–Kier alpha value is -2.59. The quantitative estimate of drug-likeness (QED) is 0.145. The lowest BCUT2D eigenvalue weighted by atomic mass is 10.2. The van der Waals surface area contributed by atoms with E-state index in [2.05, 4.69) is 42.8 Å². The smallest absolute Gasteiger partial charge is 0.214 e.